The van der Waals surface area contributed by atoms with E-state index in [9.17, 15) is 4.79 Å². The number of carbonyl (C=O) groups excluding carboxylic acids is 1. The van der Waals surface area contributed by atoms with Gasteiger partial charge < -0.3 is 14.6 Å². The van der Waals surface area contributed by atoms with Crippen LogP contribution in [0.25, 0.3) is 0 Å². The van der Waals surface area contributed by atoms with Crippen molar-refractivity contribution in [2.45, 2.75) is 26.4 Å². The number of nitrogens with zero attached hydrogens (tertiary/aromatic N) is 3. The summed E-state index contributed by atoms with van der Waals surface area (Å²) >= 11 is 0. The van der Waals surface area contributed by atoms with Crippen LogP contribution < -0.4 is 10.1 Å². The van der Waals surface area contributed by atoms with Crippen molar-refractivity contribution >= 4 is 5.91 Å². The van der Waals surface area contributed by atoms with E-state index < -0.39 is 0 Å². The van der Waals surface area contributed by atoms with E-state index in [2.05, 4.69) is 29.1 Å². The highest BCUT2D eigenvalue weighted by molar-refractivity contribution is 5.93. The maximum Gasteiger partial charge on any atom is 0.253 e. The molecule has 6 heteroatoms. The first-order valence-corrected chi connectivity index (χ1v) is 6.41. The molecule has 1 amide bonds. The van der Waals surface area contributed by atoms with E-state index in [-0.39, 0.29) is 5.91 Å². The Morgan fingerprint density at radius 3 is 2.80 bits per heavy atom. The Morgan fingerprint density at radius 2 is 2.20 bits per heavy atom. The molecule has 0 aliphatic heterocycles. The number of pyridine rings is 1. The molecule has 0 bridgehead atoms. The highest BCUT2D eigenvalue weighted by atomic mass is 16.5. The predicted octanol–water partition coefficient (Wildman–Crippen LogP) is 1.80. The first-order valence-electron chi connectivity index (χ1n) is 6.41. The van der Waals surface area contributed by atoms with Crippen LogP contribution in [-0.4, -0.2) is 27.6 Å². The molecule has 0 atom stereocenters. The third-order valence-corrected chi connectivity index (χ3v) is 2.92. The Morgan fingerprint density at radius 1 is 1.40 bits per heavy atom. The van der Waals surface area contributed by atoms with Gasteiger partial charge in [0.25, 0.3) is 5.91 Å². The summed E-state index contributed by atoms with van der Waals surface area (Å²) in [5.74, 6) is 1.13. The number of hydrogen-bond donors (Lipinski definition) is 1. The van der Waals surface area contributed by atoms with E-state index >= 15 is 0 Å². The molecule has 0 unspecified atom stereocenters. The molecule has 0 saturated carbocycles. The number of nitrogens with one attached hydrogen (secondary N) is 1. The van der Waals surface area contributed by atoms with E-state index in [4.69, 9.17) is 4.74 Å². The average Bonchev–Trinajstić information content (AvgIpc) is 2.93. The largest absolute Gasteiger partial charge is 0.481 e. The van der Waals surface area contributed by atoms with Crippen LogP contribution in [0.4, 0.5) is 0 Å². The number of carbonyl (C=O) groups is 1. The molecule has 0 fully saturated rings. The van der Waals surface area contributed by atoms with Crippen LogP contribution in [0.15, 0.2) is 30.7 Å². The van der Waals surface area contributed by atoms with Gasteiger partial charge in [0.05, 0.1) is 19.2 Å². The van der Waals surface area contributed by atoms with Crippen LogP contribution >= 0.6 is 0 Å². The molecule has 1 N–H and O–H groups in total. The molecule has 2 rings (SSSR count). The molecule has 2 aromatic rings. The van der Waals surface area contributed by atoms with Crippen LogP contribution in [0, 0.1) is 0 Å². The Bertz CT molecular complexity index is 575. The summed E-state index contributed by atoms with van der Waals surface area (Å²) < 4.78 is 6.97. The maximum atomic E-state index is 12.0. The number of methoxy groups -OCH3 is 1. The van der Waals surface area contributed by atoms with Gasteiger partial charge in [-0.3, -0.25) is 4.79 Å². The fourth-order valence-electron chi connectivity index (χ4n) is 1.85. The molecular weight excluding hydrogens is 256 g/mol. The van der Waals surface area contributed by atoms with Gasteiger partial charge in [0.15, 0.2) is 0 Å². The first kappa shape index (κ1) is 14.0. The van der Waals surface area contributed by atoms with Crippen molar-refractivity contribution in [3.05, 3.63) is 42.1 Å². The second-order valence-corrected chi connectivity index (χ2v) is 4.62. The second-order valence-electron chi connectivity index (χ2n) is 4.62. The molecule has 0 aromatic carbocycles. The van der Waals surface area contributed by atoms with E-state index in [1.54, 1.807) is 18.3 Å². The topological polar surface area (TPSA) is 69.0 Å². The van der Waals surface area contributed by atoms with Gasteiger partial charge in [-0.1, -0.05) is 0 Å². The van der Waals surface area contributed by atoms with Gasteiger partial charge in [0.1, 0.15) is 5.82 Å². The zero-order valence-corrected chi connectivity index (χ0v) is 11.8. The molecule has 0 spiro atoms. The summed E-state index contributed by atoms with van der Waals surface area (Å²) in [6.45, 7) is 4.52. The van der Waals surface area contributed by atoms with Gasteiger partial charge in [-0.25, -0.2) is 9.97 Å². The molecular formula is C14H18N4O2. The number of amides is 1. The molecule has 0 aliphatic carbocycles. The van der Waals surface area contributed by atoms with Crippen molar-refractivity contribution in [1.29, 1.82) is 0 Å². The van der Waals surface area contributed by atoms with Crippen molar-refractivity contribution < 1.29 is 9.53 Å². The summed E-state index contributed by atoms with van der Waals surface area (Å²) in [6, 6.07) is 3.65. The minimum Gasteiger partial charge on any atom is -0.481 e. The predicted molar refractivity (Wildman–Crippen MR) is 74.6 cm³/mol. The average molecular weight is 274 g/mol. The lowest BCUT2D eigenvalue weighted by atomic mass is 10.2. The Hall–Kier alpha value is -2.37. The molecule has 106 valence electrons. The van der Waals surface area contributed by atoms with Crippen LogP contribution in [0.5, 0.6) is 5.88 Å². The lowest BCUT2D eigenvalue weighted by molar-refractivity contribution is 0.0949. The van der Waals surface area contributed by atoms with Crippen molar-refractivity contribution in [1.82, 2.24) is 19.9 Å². The molecule has 2 aromatic heterocycles. The zero-order chi connectivity index (χ0) is 14.5. The van der Waals surface area contributed by atoms with Crippen molar-refractivity contribution in [2.75, 3.05) is 7.11 Å². The van der Waals surface area contributed by atoms with Gasteiger partial charge in [-0.2, -0.15) is 0 Å². The van der Waals surface area contributed by atoms with Crippen LogP contribution in [0.1, 0.15) is 36.1 Å². The lowest BCUT2D eigenvalue weighted by Crippen LogP contribution is -2.25. The van der Waals surface area contributed by atoms with Gasteiger partial charge >= 0.3 is 0 Å². The lowest BCUT2D eigenvalue weighted by Gasteiger charge is -2.12. The van der Waals surface area contributed by atoms with E-state index in [0.717, 1.165) is 5.82 Å². The van der Waals surface area contributed by atoms with E-state index in [1.165, 1.54) is 13.3 Å². The fourth-order valence-corrected chi connectivity index (χ4v) is 1.85. The number of imidazole rings is 1. The fraction of sp³-hybridized carbons (Fsp3) is 0.357. The minimum absolute atomic E-state index is 0.182. The van der Waals surface area contributed by atoms with Gasteiger partial charge in [0, 0.05) is 30.7 Å². The van der Waals surface area contributed by atoms with Gasteiger partial charge in [-0.05, 0) is 19.9 Å². The smallest absolute Gasteiger partial charge is 0.253 e. The zero-order valence-electron chi connectivity index (χ0n) is 11.8. The molecule has 0 radical (unpaired) electrons. The summed E-state index contributed by atoms with van der Waals surface area (Å²) in [6.07, 6.45) is 5.13. The summed E-state index contributed by atoms with van der Waals surface area (Å²) in [5.41, 5.74) is 0.494. The molecule has 0 saturated heterocycles. The molecule has 20 heavy (non-hydrogen) atoms. The number of ether oxygens (including phenoxy) is 1. The first-order chi connectivity index (χ1) is 9.61. The molecule has 2 heterocycles. The van der Waals surface area contributed by atoms with Crippen molar-refractivity contribution in [3.63, 3.8) is 0 Å². The quantitative estimate of drug-likeness (QED) is 0.902. The van der Waals surface area contributed by atoms with Crippen LogP contribution in [0.3, 0.4) is 0 Å². The monoisotopic (exact) mass is 274 g/mol. The number of aromatic nitrogens is 3. The molecule has 0 aliphatic rings. The van der Waals surface area contributed by atoms with E-state index in [0.29, 0.717) is 24.0 Å². The van der Waals surface area contributed by atoms with Crippen LogP contribution in [-0.2, 0) is 6.54 Å². The van der Waals surface area contributed by atoms with Crippen molar-refractivity contribution in [2.24, 2.45) is 0 Å². The van der Waals surface area contributed by atoms with Gasteiger partial charge in [0.2, 0.25) is 5.88 Å². The van der Waals surface area contributed by atoms with Crippen molar-refractivity contribution in [3.8, 4) is 5.88 Å². The normalized spacial score (nSPS) is 10.6. The van der Waals surface area contributed by atoms with Gasteiger partial charge in [-0.15, -0.1) is 0 Å². The Balaban J connectivity index is 1.99. The third-order valence-electron chi connectivity index (χ3n) is 2.92. The minimum atomic E-state index is -0.182. The molecule has 6 nitrogen and oxygen atoms in total. The number of rotatable bonds is 5. The maximum absolute atomic E-state index is 12.0. The third kappa shape index (κ3) is 3.14. The SMILES string of the molecule is COc1ccc(C(=O)NCc2nccn2C(C)C)cn1. The van der Waals surface area contributed by atoms with Crippen LogP contribution in [0.2, 0.25) is 0 Å². The summed E-state index contributed by atoms with van der Waals surface area (Å²) in [5, 5.41) is 2.83. The van der Waals surface area contributed by atoms with E-state index in [1.807, 2.05) is 10.8 Å². The Kier molecular flexibility index (Phi) is 4.34. The Labute approximate surface area is 117 Å². The highest BCUT2D eigenvalue weighted by Gasteiger charge is 2.09. The number of hydrogen-bond acceptors (Lipinski definition) is 4. The summed E-state index contributed by atoms with van der Waals surface area (Å²) in [4.78, 5) is 20.2. The highest BCUT2D eigenvalue weighted by Crippen LogP contribution is 2.09. The standard InChI is InChI=1S/C14H18N4O2/c1-10(2)18-7-6-15-12(18)9-17-14(19)11-4-5-13(20-3)16-8-11/h4-8,10H,9H2,1-3H3,(H,17,19). The second kappa shape index (κ2) is 6.18. The summed E-state index contributed by atoms with van der Waals surface area (Å²) in [7, 11) is 1.54.